The van der Waals surface area contributed by atoms with Gasteiger partial charge >= 0.3 is 0 Å². The minimum Gasteiger partial charge on any atom is -0.321 e. The summed E-state index contributed by atoms with van der Waals surface area (Å²) in [5.41, 5.74) is 1.83. The van der Waals surface area contributed by atoms with Crippen LogP contribution in [0.25, 0.3) is 0 Å². The number of quaternary nitrogens is 1. The lowest BCUT2D eigenvalue weighted by Crippen LogP contribution is -3.16. The number of H-pyrrole nitrogens is 1. The molecule has 5 nitrogen and oxygen atoms in total. The molecule has 1 aromatic carbocycles. The van der Waals surface area contributed by atoms with Crippen LogP contribution in [0.15, 0.2) is 42.6 Å². The highest BCUT2D eigenvalue weighted by molar-refractivity contribution is 5.95. The van der Waals surface area contributed by atoms with E-state index in [0.29, 0.717) is 6.54 Å². The highest BCUT2D eigenvalue weighted by atomic mass is 19.1. The summed E-state index contributed by atoms with van der Waals surface area (Å²) in [6.45, 7) is 6.32. The van der Waals surface area contributed by atoms with Gasteiger partial charge in [0.15, 0.2) is 6.54 Å². The first-order chi connectivity index (χ1) is 13.1. The van der Waals surface area contributed by atoms with Crippen molar-refractivity contribution in [2.75, 3.05) is 42.5 Å². The van der Waals surface area contributed by atoms with E-state index < -0.39 is 0 Å². The number of carbonyl (C=O) groups is 1. The average molecular weight is 370 g/mol. The standard InChI is InChI=1S/C21H25FN4O/c1-16-5-6-17-14-18(22)7-8-19(17)26(16)21(27)15-24-10-12-25(13-11-24)20-4-2-3-9-23-20/h2-4,7-9,14,16H,5-6,10-13,15H2,1H3/p+2/t16-/m0/s1. The van der Waals surface area contributed by atoms with Gasteiger partial charge in [-0.05, 0) is 49.6 Å². The quantitative estimate of drug-likeness (QED) is 0.865. The number of nitrogens with zero attached hydrogens (tertiary/aromatic N) is 2. The van der Waals surface area contributed by atoms with E-state index in [0.717, 1.165) is 56.1 Å². The zero-order valence-electron chi connectivity index (χ0n) is 15.7. The third kappa shape index (κ3) is 3.81. The molecule has 3 heterocycles. The van der Waals surface area contributed by atoms with Crippen molar-refractivity contribution in [3.05, 3.63) is 54.0 Å². The van der Waals surface area contributed by atoms with Gasteiger partial charge in [-0.3, -0.25) is 9.69 Å². The van der Waals surface area contributed by atoms with Crippen molar-refractivity contribution in [3.8, 4) is 0 Å². The Morgan fingerprint density at radius 2 is 2.07 bits per heavy atom. The summed E-state index contributed by atoms with van der Waals surface area (Å²) in [4.78, 5) is 21.9. The van der Waals surface area contributed by atoms with Crippen LogP contribution >= 0.6 is 0 Å². The first-order valence-corrected chi connectivity index (χ1v) is 9.77. The number of amides is 1. The number of aromatic amines is 1. The number of anilines is 2. The van der Waals surface area contributed by atoms with E-state index in [2.05, 4.69) is 22.9 Å². The fourth-order valence-electron chi connectivity index (χ4n) is 4.22. The van der Waals surface area contributed by atoms with Crippen LogP contribution in [-0.4, -0.2) is 44.7 Å². The van der Waals surface area contributed by atoms with Crippen LogP contribution < -0.4 is 19.7 Å². The highest BCUT2D eigenvalue weighted by Crippen LogP contribution is 2.31. The van der Waals surface area contributed by atoms with Crippen LogP contribution in [-0.2, 0) is 11.2 Å². The molecule has 2 aliphatic heterocycles. The summed E-state index contributed by atoms with van der Waals surface area (Å²) in [7, 11) is 0. The third-order valence-corrected chi connectivity index (χ3v) is 5.75. The largest absolute Gasteiger partial charge is 0.321 e. The third-order valence-electron chi connectivity index (χ3n) is 5.75. The average Bonchev–Trinajstić information content (AvgIpc) is 2.69. The van der Waals surface area contributed by atoms with Gasteiger partial charge in [-0.1, -0.05) is 6.07 Å². The number of hydrogen-bond acceptors (Lipinski definition) is 2. The van der Waals surface area contributed by atoms with Crippen LogP contribution in [0.1, 0.15) is 18.9 Å². The van der Waals surface area contributed by atoms with Gasteiger partial charge in [0.1, 0.15) is 32.0 Å². The van der Waals surface area contributed by atoms with Gasteiger partial charge in [0.05, 0.1) is 6.20 Å². The molecule has 2 aromatic rings. The van der Waals surface area contributed by atoms with Crippen molar-refractivity contribution in [2.45, 2.75) is 25.8 Å². The fourth-order valence-corrected chi connectivity index (χ4v) is 4.22. The van der Waals surface area contributed by atoms with Gasteiger partial charge in [-0.15, -0.1) is 0 Å². The van der Waals surface area contributed by atoms with Crippen molar-refractivity contribution in [1.29, 1.82) is 0 Å². The van der Waals surface area contributed by atoms with Crippen LogP contribution in [0, 0.1) is 5.82 Å². The zero-order valence-corrected chi connectivity index (χ0v) is 15.7. The first kappa shape index (κ1) is 17.9. The van der Waals surface area contributed by atoms with Gasteiger partial charge < -0.3 is 9.80 Å². The Balaban J connectivity index is 1.40. The molecule has 1 atom stereocenters. The second kappa shape index (κ2) is 7.64. The Hall–Kier alpha value is -2.47. The molecule has 0 saturated carbocycles. The summed E-state index contributed by atoms with van der Waals surface area (Å²) in [5, 5.41) is 0. The number of hydrogen-bond donors (Lipinski definition) is 1. The van der Waals surface area contributed by atoms with Crippen LogP contribution in [0.3, 0.4) is 0 Å². The smallest absolute Gasteiger partial charge is 0.282 e. The minimum atomic E-state index is -0.227. The number of aromatic nitrogens is 1. The molecular formula is C21H27FN4O+2. The molecule has 27 heavy (non-hydrogen) atoms. The second-order valence-corrected chi connectivity index (χ2v) is 7.59. The Labute approximate surface area is 159 Å². The minimum absolute atomic E-state index is 0.143. The molecule has 1 amide bonds. The number of fused-ring (bicyclic) bond motifs is 1. The maximum atomic E-state index is 13.6. The maximum absolute atomic E-state index is 13.6. The topological polar surface area (TPSA) is 42.1 Å². The van der Waals surface area contributed by atoms with Crippen molar-refractivity contribution in [1.82, 2.24) is 0 Å². The normalized spacial score (nSPS) is 20.4. The van der Waals surface area contributed by atoms with Gasteiger partial charge in [-0.25, -0.2) is 9.37 Å². The van der Waals surface area contributed by atoms with E-state index in [1.807, 2.05) is 23.2 Å². The van der Waals surface area contributed by atoms with Gasteiger partial charge in [0, 0.05) is 17.8 Å². The molecule has 2 aliphatic rings. The van der Waals surface area contributed by atoms with Crippen molar-refractivity contribution in [2.24, 2.45) is 0 Å². The molecule has 1 saturated heterocycles. The fraction of sp³-hybridized carbons (Fsp3) is 0.429. The van der Waals surface area contributed by atoms with E-state index in [9.17, 15) is 9.18 Å². The van der Waals surface area contributed by atoms with E-state index in [4.69, 9.17) is 0 Å². The lowest BCUT2D eigenvalue weighted by Gasteiger charge is -2.36. The highest BCUT2D eigenvalue weighted by Gasteiger charge is 2.33. The van der Waals surface area contributed by atoms with Gasteiger partial charge in [0.25, 0.3) is 11.7 Å². The molecule has 2 N–H and O–H groups in total. The van der Waals surface area contributed by atoms with Gasteiger partial charge in [-0.2, -0.15) is 0 Å². The zero-order chi connectivity index (χ0) is 18.8. The molecular weight excluding hydrogens is 343 g/mol. The summed E-state index contributed by atoms with van der Waals surface area (Å²) >= 11 is 0. The molecule has 0 aliphatic carbocycles. The summed E-state index contributed by atoms with van der Waals surface area (Å²) in [5.74, 6) is 1.04. The molecule has 0 spiro atoms. The number of rotatable bonds is 3. The van der Waals surface area contributed by atoms with Gasteiger partial charge in [0.2, 0.25) is 0 Å². The van der Waals surface area contributed by atoms with E-state index in [-0.39, 0.29) is 17.8 Å². The molecule has 1 fully saturated rings. The van der Waals surface area contributed by atoms with Crippen LogP contribution in [0.5, 0.6) is 0 Å². The van der Waals surface area contributed by atoms with Crippen molar-refractivity contribution in [3.63, 3.8) is 0 Å². The number of benzene rings is 1. The Kier molecular flexibility index (Phi) is 5.07. The summed E-state index contributed by atoms with van der Waals surface area (Å²) in [6, 6.07) is 11.1. The SMILES string of the molecule is C[C@H]1CCc2cc(F)ccc2N1C(=O)C[NH+]1CCN(c2cccc[nH+]2)CC1. The summed E-state index contributed by atoms with van der Waals surface area (Å²) in [6.07, 6.45) is 3.66. The summed E-state index contributed by atoms with van der Waals surface area (Å²) < 4.78 is 13.6. The van der Waals surface area contributed by atoms with Crippen LogP contribution in [0.4, 0.5) is 15.9 Å². The molecule has 1 aromatic heterocycles. The van der Waals surface area contributed by atoms with E-state index in [1.54, 1.807) is 12.1 Å². The number of nitrogens with one attached hydrogen (secondary N) is 2. The first-order valence-electron chi connectivity index (χ1n) is 9.77. The molecule has 6 heteroatoms. The number of carbonyl (C=O) groups excluding carboxylic acids is 1. The Morgan fingerprint density at radius 1 is 1.26 bits per heavy atom. The van der Waals surface area contributed by atoms with E-state index >= 15 is 0 Å². The molecule has 0 bridgehead atoms. The lowest BCUT2D eigenvalue weighted by molar-refractivity contribution is -0.892. The van der Waals surface area contributed by atoms with Crippen molar-refractivity contribution < 1.29 is 19.1 Å². The maximum Gasteiger partial charge on any atom is 0.282 e. The number of pyridine rings is 1. The van der Waals surface area contributed by atoms with Crippen LogP contribution in [0.2, 0.25) is 0 Å². The monoisotopic (exact) mass is 370 g/mol. The number of halogens is 1. The lowest BCUT2D eigenvalue weighted by atomic mass is 9.96. The molecule has 142 valence electrons. The Morgan fingerprint density at radius 3 is 2.81 bits per heavy atom. The predicted octanol–water partition coefficient (Wildman–Crippen LogP) is 0.713. The molecule has 0 unspecified atom stereocenters. The Bertz CT molecular complexity index is 805. The van der Waals surface area contributed by atoms with E-state index in [1.165, 1.54) is 11.0 Å². The number of aryl methyl sites for hydroxylation is 1. The van der Waals surface area contributed by atoms with Crippen molar-refractivity contribution >= 4 is 17.4 Å². The second-order valence-electron chi connectivity index (χ2n) is 7.59. The number of piperazine rings is 1. The predicted molar refractivity (Wildman–Crippen MR) is 102 cm³/mol. The molecule has 0 radical (unpaired) electrons. The molecule has 4 rings (SSSR count).